The molecule has 0 atom stereocenters. The molecule has 0 spiro atoms. The van der Waals surface area contributed by atoms with Crippen LogP contribution in [0.25, 0.3) is 16.9 Å². The first kappa shape index (κ1) is 16.7. The van der Waals surface area contributed by atoms with Gasteiger partial charge in [-0.1, -0.05) is 25.1 Å². The molecule has 0 aliphatic heterocycles. The second-order valence-corrected chi connectivity index (χ2v) is 5.49. The highest BCUT2D eigenvalue weighted by Gasteiger charge is 2.21. The summed E-state index contributed by atoms with van der Waals surface area (Å²) in [7, 11) is 1.62. The Morgan fingerprint density at radius 3 is 2.64 bits per heavy atom. The quantitative estimate of drug-likeness (QED) is 0.751. The fraction of sp³-hybridized carbons (Fsp3) is 0.211. The molecule has 0 bridgehead atoms. The van der Waals surface area contributed by atoms with E-state index in [1.807, 2.05) is 49.4 Å². The van der Waals surface area contributed by atoms with Crippen LogP contribution in [0.1, 0.15) is 23.8 Å². The number of pyridine rings is 1. The number of methoxy groups -OCH3 is 1. The molecule has 0 fully saturated rings. The van der Waals surface area contributed by atoms with Crippen LogP contribution in [0.3, 0.4) is 0 Å². The molecule has 3 aromatic rings. The Labute approximate surface area is 146 Å². The van der Waals surface area contributed by atoms with Crippen LogP contribution in [0.5, 0.6) is 5.75 Å². The molecular weight excluding hydrogens is 316 g/mol. The van der Waals surface area contributed by atoms with Crippen molar-refractivity contribution in [2.24, 2.45) is 0 Å². The minimum Gasteiger partial charge on any atom is -0.497 e. The first-order valence-electron chi connectivity index (χ1n) is 8.16. The van der Waals surface area contributed by atoms with Crippen LogP contribution in [0.15, 0.2) is 54.9 Å². The summed E-state index contributed by atoms with van der Waals surface area (Å²) in [6, 6.07) is 13.1. The summed E-state index contributed by atoms with van der Waals surface area (Å²) in [6.45, 7) is 2.62. The van der Waals surface area contributed by atoms with Crippen LogP contribution in [-0.4, -0.2) is 34.3 Å². The van der Waals surface area contributed by atoms with Gasteiger partial charge in [0.15, 0.2) is 5.82 Å². The molecule has 6 nitrogen and oxygen atoms in total. The summed E-state index contributed by atoms with van der Waals surface area (Å²) < 4.78 is 6.77. The molecule has 3 rings (SSSR count). The lowest BCUT2D eigenvalue weighted by atomic mass is 10.1. The van der Waals surface area contributed by atoms with E-state index in [4.69, 9.17) is 4.74 Å². The van der Waals surface area contributed by atoms with Gasteiger partial charge in [0.05, 0.1) is 13.3 Å². The van der Waals surface area contributed by atoms with E-state index < -0.39 is 0 Å². The number of hydrogen-bond acceptors (Lipinski definition) is 4. The number of aromatic nitrogens is 3. The molecule has 1 amide bonds. The normalized spacial score (nSPS) is 10.5. The number of ether oxygens (including phenoxy) is 1. The molecule has 0 saturated heterocycles. The standard InChI is InChI=1S/C19H20N4O2/c1-3-11-21-19(24)18-16(14-7-9-15(25-2)10-8-14)13-22-23(18)17-6-4-5-12-20-17/h4-10,12-13H,3,11H2,1-2H3,(H,21,24). The van der Waals surface area contributed by atoms with Crippen LogP contribution >= 0.6 is 0 Å². The minimum atomic E-state index is -0.171. The van der Waals surface area contributed by atoms with Gasteiger partial charge >= 0.3 is 0 Å². The smallest absolute Gasteiger partial charge is 0.270 e. The Hall–Kier alpha value is -3.15. The topological polar surface area (TPSA) is 69.0 Å². The highest BCUT2D eigenvalue weighted by atomic mass is 16.5. The van der Waals surface area contributed by atoms with Gasteiger partial charge in [0.1, 0.15) is 11.4 Å². The van der Waals surface area contributed by atoms with Crippen LogP contribution in [-0.2, 0) is 0 Å². The highest BCUT2D eigenvalue weighted by molar-refractivity contribution is 5.99. The molecular formula is C19H20N4O2. The predicted molar refractivity (Wildman–Crippen MR) is 96.0 cm³/mol. The van der Waals surface area contributed by atoms with Gasteiger partial charge in [-0.15, -0.1) is 0 Å². The minimum absolute atomic E-state index is 0.171. The molecule has 128 valence electrons. The average Bonchev–Trinajstić information content (AvgIpc) is 3.12. The predicted octanol–water partition coefficient (Wildman–Crippen LogP) is 3.08. The molecule has 0 aliphatic carbocycles. The summed E-state index contributed by atoms with van der Waals surface area (Å²) in [5, 5.41) is 7.32. The molecule has 25 heavy (non-hydrogen) atoms. The van der Waals surface area contributed by atoms with Gasteiger partial charge in [-0.3, -0.25) is 4.79 Å². The monoisotopic (exact) mass is 336 g/mol. The second-order valence-electron chi connectivity index (χ2n) is 5.49. The maximum Gasteiger partial charge on any atom is 0.270 e. The Kier molecular flexibility index (Phi) is 5.09. The van der Waals surface area contributed by atoms with E-state index in [1.165, 1.54) is 0 Å². The van der Waals surface area contributed by atoms with Crippen LogP contribution in [0.4, 0.5) is 0 Å². The number of carbonyl (C=O) groups excluding carboxylic acids is 1. The van der Waals surface area contributed by atoms with E-state index in [0.29, 0.717) is 18.1 Å². The SMILES string of the molecule is CCCNC(=O)c1c(-c2ccc(OC)cc2)cnn1-c1ccccn1. The van der Waals surface area contributed by atoms with E-state index in [9.17, 15) is 4.79 Å². The van der Waals surface area contributed by atoms with Crippen molar-refractivity contribution in [2.75, 3.05) is 13.7 Å². The van der Waals surface area contributed by atoms with Crippen molar-refractivity contribution in [2.45, 2.75) is 13.3 Å². The van der Waals surface area contributed by atoms with E-state index in [1.54, 1.807) is 24.2 Å². The van der Waals surface area contributed by atoms with Crippen molar-refractivity contribution in [1.29, 1.82) is 0 Å². The molecule has 6 heteroatoms. The maximum atomic E-state index is 12.8. The number of benzene rings is 1. The van der Waals surface area contributed by atoms with Gasteiger partial charge < -0.3 is 10.1 Å². The lowest BCUT2D eigenvalue weighted by molar-refractivity contribution is 0.0946. The zero-order valence-corrected chi connectivity index (χ0v) is 14.3. The number of hydrogen-bond donors (Lipinski definition) is 1. The Morgan fingerprint density at radius 1 is 1.20 bits per heavy atom. The number of nitrogens with zero attached hydrogens (tertiary/aromatic N) is 3. The first-order chi connectivity index (χ1) is 12.2. The lowest BCUT2D eigenvalue weighted by Crippen LogP contribution is -2.27. The van der Waals surface area contributed by atoms with Crippen LogP contribution in [0, 0.1) is 0 Å². The molecule has 1 N–H and O–H groups in total. The van der Waals surface area contributed by atoms with Crippen LogP contribution in [0.2, 0.25) is 0 Å². The third-order valence-electron chi connectivity index (χ3n) is 3.79. The summed E-state index contributed by atoms with van der Waals surface area (Å²) in [5.41, 5.74) is 2.11. The largest absolute Gasteiger partial charge is 0.497 e. The number of nitrogens with one attached hydrogen (secondary N) is 1. The van der Waals surface area contributed by atoms with E-state index >= 15 is 0 Å². The molecule has 0 unspecified atom stereocenters. The summed E-state index contributed by atoms with van der Waals surface area (Å²) in [4.78, 5) is 17.1. The molecule has 0 saturated carbocycles. The van der Waals surface area contributed by atoms with Crippen molar-refractivity contribution < 1.29 is 9.53 Å². The van der Waals surface area contributed by atoms with Gasteiger partial charge in [0, 0.05) is 18.3 Å². The van der Waals surface area contributed by atoms with E-state index in [-0.39, 0.29) is 5.91 Å². The molecule has 2 heterocycles. The van der Waals surface area contributed by atoms with Crippen molar-refractivity contribution in [3.63, 3.8) is 0 Å². The van der Waals surface area contributed by atoms with E-state index in [0.717, 1.165) is 23.3 Å². The van der Waals surface area contributed by atoms with Crippen LogP contribution < -0.4 is 10.1 Å². The van der Waals surface area contributed by atoms with Crippen molar-refractivity contribution >= 4 is 5.91 Å². The van der Waals surface area contributed by atoms with Crippen molar-refractivity contribution in [3.05, 3.63) is 60.6 Å². The molecule has 0 radical (unpaired) electrons. The number of amides is 1. The van der Waals surface area contributed by atoms with E-state index in [2.05, 4.69) is 15.4 Å². The first-order valence-corrected chi connectivity index (χ1v) is 8.16. The Morgan fingerprint density at radius 2 is 2.00 bits per heavy atom. The maximum absolute atomic E-state index is 12.8. The number of carbonyl (C=O) groups is 1. The van der Waals surface area contributed by atoms with Gasteiger partial charge in [-0.2, -0.15) is 5.10 Å². The average molecular weight is 336 g/mol. The molecule has 2 aromatic heterocycles. The van der Waals surface area contributed by atoms with Gasteiger partial charge in [0.25, 0.3) is 5.91 Å². The third kappa shape index (κ3) is 3.52. The Bertz CT molecular complexity index is 842. The highest BCUT2D eigenvalue weighted by Crippen LogP contribution is 2.27. The zero-order chi connectivity index (χ0) is 17.6. The summed E-state index contributed by atoms with van der Waals surface area (Å²) >= 11 is 0. The zero-order valence-electron chi connectivity index (χ0n) is 14.3. The number of rotatable bonds is 6. The fourth-order valence-electron chi connectivity index (χ4n) is 2.52. The van der Waals surface area contributed by atoms with Gasteiger partial charge in [0.2, 0.25) is 0 Å². The molecule has 1 aromatic carbocycles. The Balaban J connectivity index is 2.08. The summed E-state index contributed by atoms with van der Waals surface area (Å²) in [5.74, 6) is 1.19. The van der Waals surface area contributed by atoms with Crippen molar-refractivity contribution in [3.8, 4) is 22.7 Å². The molecule has 0 aliphatic rings. The van der Waals surface area contributed by atoms with Gasteiger partial charge in [-0.25, -0.2) is 9.67 Å². The second kappa shape index (κ2) is 7.61. The van der Waals surface area contributed by atoms with Gasteiger partial charge in [-0.05, 0) is 36.2 Å². The fourth-order valence-corrected chi connectivity index (χ4v) is 2.52. The lowest BCUT2D eigenvalue weighted by Gasteiger charge is -2.10. The third-order valence-corrected chi connectivity index (χ3v) is 3.79. The van der Waals surface area contributed by atoms with Crippen molar-refractivity contribution in [1.82, 2.24) is 20.1 Å². The summed E-state index contributed by atoms with van der Waals surface area (Å²) in [6.07, 6.45) is 4.23.